The quantitative estimate of drug-likeness (QED) is 0.859. The summed E-state index contributed by atoms with van der Waals surface area (Å²) >= 11 is 0. The fourth-order valence-corrected chi connectivity index (χ4v) is 1.25. The van der Waals surface area contributed by atoms with Crippen molar-refractivity contribution in [3.05, 3.63) is 30.1 Å². The lowest BCUT2D eigenvalue weighted by molar-refractivity contribution is -0.146. The van der Waals surface area contributed by atoms with E-state index in [4.69, 9.17) is 0 Å². The van der Waals surface area contributed by atoms with Gasteiger partial charge in [0.2, 0.25) is 0 Å². The van der Waals surface area contributed by atoms with Crippen LogP contribution in [0, 0.1) is 0 Å². The maximum absolute atomic E-state index is 12.3. The van der Waals surface area contributed by atoms with E-state index in [1.807, 2.05) is 0 Å². The highest BCUT2D eigenvalue weighted by Gasteiger charge is 2.37. The lowest BCUT2D eigenvalue weighted by Crippen LogP contribution is -2.07. The first-order chi connectivity index (χ1) is 8.50. The Balaban J connectivity index is 2.23. The van der Waals surface area contributed by atoms with E-state index in [0.717, 1.165) is 0 Å². The summed E-state index contributed by atoms with van der Waals surface area (Å²) in [5, 5.41) is 2.87. The SMILES string of the molecule is CONc1ccc(-c2nc(C(F)(F)F)no2)cc1. The summed E-state index contributed by atoms with van der Waals surface area (Å²) < 4.78 is 41.4. The Morgan fingerprint density at radius 2 is 1.89 bits per heavy atom. The van der Waals surface area contributed by atoms with Crippen molar-refractivity contribution in [1.29, 1.82) is 0 Å². The minimum Gasteiger partial charge on any atom is -0.334 e. The van der Waals surface area contributed by atoms with Crippen molar-refractivity contribution < 1.29 is 22.5 Å². The second kappa shape index (κ2) is 4.65. The summed E-state index contributed by atoms with van der Waals surface area (Å²) in [6, 6.07) is 6.29. The number of anilines is 1. The summed E-state index contributed by atoms with van der Waals surface area (Å²) in [5.74, 6) is -1.48. The molecule has 96 valence electrons. The number of benzene rings is 1. The molecular formula is C10H8F3N3O2. The third-order valence-corrected chi connectivity index (χ3v) is 2.03. The first kappa shape index (κ1) is 12.4. The van der Waals surface area contributed by atoms with Gasteiger partial charge in [0, 0.05) is 5.56 Å². The fraction of sp³-hybridized carbons (Fsp3) is 0.200. The predicted molar refractivity (Wildman–Crippen MR) is 55.4 cm³/mol. The van der Waals surface area contributed by atoms with Crippen molar-refractivity contribution in [3.8, 4) is 11.5 Å². The zero-order valence-electron chi connectivity index (χ0n) is 9.15. The van der Waals surface area contributed by atoms with Crippen LogP contribution in [0.1, 0.15) is 5.82 Å². The Kier molecular flexibility index (Phi) is 3.19. The van der Waals surface area contributed by atoms with E-state index in [1.165, 1.54) is 19.2 Å². The molecule has 1 heterocycles. The van der Waals surface area contributed by atoms with E-state index in [9.17, 15) is 13.2 Å². The van der Waals surface area contributed by atoms with E-state index in [0.29, 0.717) is 11.3 Å². The van der Waals surface area contributed by atoms with Crippen LogP contribution in [0.2, 0.25) is 0 Å². The van der Waals surface area contributed by atoms with Gasteiger partial charge in [0.25, 0.3) is 11.7 Å². The van der Waals surface area contributed by atoms with Crippen LogP contribution in [-0.4, -0.2) is 17.3 Å². The van der Waals surface area contributed by atoms with Gasteiger partial charge in [0.15, 0.2) is 0 Å². The standard InChI is InChI=1S/C10H8F3N3O2/c1-17-15-7-4-2-6(3-5-7)8-14-9(16-18-8)10(11,12)13/h2-5,15H,1H3. The number of alkyl halides is 3. The maximum Gasteiger partial charge on any atom is 0.455 e. The number of hydrogen-bond donors (Lipinski definition) is 1. The van der Waals surface area contributed by atoms with Gasteiger partial charge in [-0.1, -0.05) is 5.16 Å². The van der Waals surface area contributed by atoms with Crippen LogP contribution >= 0.6 is 0 Å². The van der Waals surface area contributed by atoms with Crippen molar-refractivity contribution in [2.24, 2.45) is 0 Å². The predicted octanol–water partition coefficient (Wildman–Crippen LogP) is 2.73. The number of nitrogens with one attached hydrogen (secondary N) is 1. The molecule has 0 unspecified atom stereocenters. The van der Waals surface area contributed by atoms with Crippen LogP contribution in [0.4, 0.5) is 18.9 Å². The highest BCUT2D eigenvalue weighted by Crippen LogP contribution is 2.28. The maximum atomic E-state index is 12.3. The second-order valence-corrected chi connectivity index (χ2v) is 3.30. The molecule has 0 aliphatic rings. The van der Waals surface area contributed by atoms with Gasteiger partial charge >= 0.3 is 6.18 Å². The number of halogens is 3. The highest BCUT2D eigenvalue weighted by molar-refractivity contribution is 5.57. The molecule has 0 radical (unpaired) electrons. The average molecular weight is 259 g/mol. The third-order valence-electron chi connectivity index (χ3n) is 2.03. The molecule has 1 aromatic carbocycles. The third kappa shape index (κ3) is 2.59. The van der Waals surface area contributed by atoms with E-state index in [1.54, 1.807) is 12.1 Å². The van der Waals surface area contributed by atoms with Crippen molar-refractivity contribution in [2.75, 3.05) is 12.6 Å². The van der Waals surface area contributed by atoms with Crippen LogP contribution < -0.4 is 5.48 Å². The van der Waals surface area contributed by atoms with Gasteiger partial charge in [-0.15, -0.1) is 0 Å². The molecule has 0 spiro atoms. The molecule has 0 aliphatic carbocycles. The van der Waals surface area contributed by atoms with E-state index < -0.39 is 12.0 Å². The van der Waals surface area contributed by atoms with Crippen LogP contribution in [0.5, 0.6) is 0 Å². The summed E-state index contributed by atoms with van der Waals surface area (Å²) in [7, 11) is 1.45. The van der Waals surface area contributed by atoms with Crippen LogP contribution in [-0.2, 0) is 11.0 Å². The van der Waals surface area contributed by atoms with E-state index in [-0.39, 0.29) is 5.89 Å². The molecule has 18 heavy (non-hydrogen) atoms. The van der Waals surface area contributed by atoms with Crippen LogP contribution in [0.25, 0.3) is 11.5 Å². The zero-order chi connectivity index (χ0) is 13.2. The van der Waals surface area contributed by atoms with E-state index >= 15 is 0 Å². The first-order valence-electron chi connectivity index (χ1n) is 4.81. The Morgan fingerprint density at radius 1 is 1.22 bits per heavy atom. The smallest absolute Gasteiger partial charge is 0.334 e. The molecule has 0 aliphatic heterocycles. The molecule has 0 fully saturated rings. The van der Waals surface area contributed by atoms with Gasteiger partial charge in [-0.05, 0) is 24.3 Å². The summed E-state index contributed by atoms with van der Waals surface area (Å²) in [6.07, 6.45) is -4.61. The van der Waals surface area contributed by atoms with Crippen molar-refractivity contribution >= 4 is 5.69 Å². The largest absolute Gasteiger partial charge is 0.455 e. The van der Waals surface area contributed by atoms with E-state index in [2.05, 4.69) is 25.0 Å². The van der Waals surface area contributed by atoms with Gasteiger partial charge in [-0.2, -0.15) is 18.2 Å². The molecule has 0 saturated carbocycles. The minimum absolute atomic E-state index is 0.189. The molecular weight excluding hydrogens is 251 g/mol. The summed E-state index contributed by atoms with van der Waals surface area (Å²) in [5.41, 5.74) is 3.61. The van der Waals surface area contributed by atoms with Crippen molar-refractivity contribution in [1.82, 2.24) is 10.1 Å². The molecule has 0 bridgehead atoms. The Bertz CT molecular complexity index is 522. The zero-order valence-corrected chi connectivity index (χ0v) is 9.15. The van der Waals surface area contributed by atoms with Crippen molar-refractivity contribution in [2.45, 2.75) is 6.18 Å². The Morgan fingerprint density at radius 3 is 2.39 bits per heavy atom. The number of rotatable bonds is 3. The molecule has 1 N–H and O–H groups in total. The van der Waals surface area contributed by atoms with Gasteiger partial charge < -0.3 is 4.52 Å². The minimum atomic E-state index is -4.61. The van der Waals surface area contributed by atoms with Gasteiger partial charge in [0.1, 0.15) is 0 Å². The average Bonchev–Trinajstić information content (AvgIpc) is 2.79. The van der Waals surface area contributed by atoms with Crippen LogP contribution in [0.3, 0.4) is 0 Å². The molecule has 0 saturated heterocycles. The molecule has 5 nitrogen and oxygen atoms in total. The second-order valence-electron chi connectivity index (χ2n) is 3.30. The van der Waals surface area contributed by atoms with Crippen molar-refractivity contribution in [3.63, 3.8) is 0 Å². The monoisotopic (exact) mass is 259 g/mol. The van der Waals surface area contributed by atoms with Gasteiger partial charge in [0.05, 0.1) is 12.8 Å². The number of nitrogens with zero attached hydrogens (tertiary/aromatic N) is 2. The topological polar surface area (TPSA) is 60.2 Å². The molecule has 0 atom stereocenters. The first-order valence-corrected chi connectivity index (χ1v) is 4.81. The van der Waals surface area contributed by atoms with Crippen LogP contribution in [0.15, 0.2) is 28.8 Å². The Hall–Kier alpha value is -2.09. The fourth-order valence-electron chi connectivity index (χ4n) is 1.25. The number of hydrogen-bond acceptors (Lipinski definition) is 5. The van der Waals surface area contributed by atoms with Gasteiger partial charge in [-0.25, -0.2) is 0 Å². The lowest BCUT2D eigenvalue weighted by Gasteiger charge is -2.02. The number of aromatic nitrogens is 2. The van der Waals surface area contributed by atoms with Gasteiger partial charge in [-0.3, -0.25) is 10.3 Å². The molecule has 1 aromatic heterocycles. The highest BCUT2D eigenvalue weighted by atomic mass is 19.4. The lowest BCUT2D eigenvalue weighted by atomic mass is 10.2. The molecule has 2 rings (SSSR count). The molecule has 8 heteroatoms. The summed E-state index contributed by atoms with van der Waals surface area (Å²) in [6.45, 7) is 0. The molecule has 0 amide bonds. The summed E-state index contributed by atoms with van der Waals surface area (Å²) in [4.78, 5) is 7.95. The molecule has 2 aromatic rings. The Labute approximate surface area is 99.5 Å². The normalized spacial score (nSPS) is 11.6.